The number of nitro benzene ring substituents is 1. The van der Waals surface area contributed by atoms with Gasteiger partial charge in [-0.15, -0.1) is 0 Å². The standard InChI is InChI=1S/C22H23N5O4/c1-16-3-2-4-18(13-16)23-22(29)25-11-9-24(10-12-25)21(28)15-26-8-7-17-14-19(27(30)31)5-6-20(17)26/h2-8,13-14H,9-12,15H2,1H3,(H,23,29). The van der Waals surface area contributed by atoms with E-state index in [-0.39, 0.29) is 24.2 Å². The van der Waals surface area contributed by atoms with Crippen molar-refractivity contribution in [3.8, 4) is 0 Å². The quantitative estimate of drug-likeness (QED) is 0.516. The Hall–Kier alpha value is -3.88. The summed E-state index contributed by atoms with van der Waals surface area (Å²) in [7, 11) is 0. The van der Waals surface area contributed by atoms with Crippen LogP contribution in [-0.2, 0) is 11.3 Å². The maximum atomic E-state index is 12.8. The van der Waals surface area contributed by atoms with Crippen LogP contribution in [0.3, 0.4) is 0 Å². The molecule has 0 aliphatic carbocycles. The van der Waals surface area contributed by atoms with E-state index in [9.17, 15) is 19.7 Å². The van der Waals surface area contributed by atoms with Crippen LogP contribution in [0.4, 0.5) is 16.2 Å². The molecule has 0 radical (unpaired) electrons. The number of amides is 3. The Bertz CT molecular complexity index is 1150. The zero-order chi connectivity index (χ0) is 22.0. The lowest BCUT2D eigenvalue weighted by molar-refractivity contribution is -0.384. The number of carbonyl (C=O) groups is 2. The van der Waals surface area contributed by atoms with E-state index in [1.54, 1.807) is 32.7 Å². The molecular formula is C22H23N5O4. The van der Waals surface area contributed by atoms with Crippen LogP contribution in [-0.4, -0.2) is 57.4 Å². The predicted molar refractivity (Wildman–Crippen MR) is 117 cm³/mol. The van der Waals surface area contributed by atoms with Gasteiger partial charge in [-0.3, -0.25) is 14.9 Å². The lowest BCUT2D eigenvalue weighted by atomic mass is 10.2. The molecule has 9 nitrogen and oxygen atoms in total. The normalized spacial score (nSPS) is 14.0. The third-order valence-electron chi connectivity index (χ3n) is 5.46. The number of nitro groups is 1. The highest BCUT2D eigenvalue weighted by atomic mass is 16.6. The molecular weight excluding hydrogens is 398 g/mol. The second-order valence-electron chi connectivity index (χ2n) is 7.61. The van der Waals surface area contributed by atoms with Crippen LogP contribution in [0.2, 0.25) is 0 Å². The molecule has 31 heavy (non-hydrogen) atoms. The zero-order valence-corrected chi connectivity index (χ0v) is 17.2. The van der Waals surface area contributed by atoms with Crippen LogP contribution >= 0.6 is 0 Å². The summed E-state index contributed by atoms with van der Waals surface area (Å²) in [6.45, 7) is 3.96. The van der Waals surface area contributed by atoms with Crippen molar-refractivity contribution in [2.75, 3.05) is 31.5 Å². The van der Waals surface area contributed by atoms with E-state index in [0.29, 0.717) is 26.2 Å². The molecule has 1 aliphatic rings. The van der Waals surface area contributed by atoms with Crippen molar-refractivity contribution in [3.63, 3.8) is 0 Å². The Morgan fingerprint density at radius 1 is 1.03 bits per heavy atom. The first-order chi connectivity index (χ1) is 14.9. The van der Waals surface area contributed by atoms with Gasteiger partial charge < -0.3 is 19.7 Å². The fraction of sp³-hybridized carbons (Fsp3) is 0.273. The summed E-state index contributed by atoms with van der Waals surface area (Å²) in [6.07, 6.45) is 1.76. The Kier molecular flexibility index (Phi) is 5.57. The van der Waals surface area contributed by atoms with Crippen LogP contribution in [0.25, 0.3) is 10.9 Å². The summed E-state index contributed by atoms with van der Waals surface area (Å²) >= 11 is 0. The number of piperazine rings is 1. The van der Waals surface area contributed by atoms with Crippen LogP contribution in [0.1, 0.15) is 5.56 Å². The van der Waals surface area contributed by atoms with Crippen molar-refractivity contribution >= 4 is 34.2 Å². The Morgan fingerprint density at radius 3 is 2.48 bits per heavy atom. The number of carbonyl (C=O) groups excluding carboxylic acids is 2. The van der Waals surface area contributed by atoms with Gasteiger partial charge in [0.15, 0.2) is 0 Å². The van der Waals surface area contributed by atoms with Gasteiger partial charge in [-0.2, -0.15) is 0 Å². The average molecular weight is 421 g/mol. The van der Waals surface area contributed by atoms with Crippen LogP contribution in [0, 0.1) is 17.0 Å². The first-order valence-electron chi connectivity index (χ1n) is 10.0. The molecule has 160 valence electrons. The summed E-state index contributed by atoms with van der Waals surface area (Å²) in [5.41, 5.74) is 2.62. The molecule has 0 atom stereocenters. The third-order valence-corrected chi connectivity index (χ3v) is 5.46. The lowest BCUT2D eigenvalue weighted by Crippen LogP contribution is -2.52. The van der Waals surface area contributed by atoms with Crippen molar-refractivity contribution in [2.24, 2.45) is 0 Å². The SMILES string of the molecule is Cc1cccc(NC(=O)N2CCN(C(=O)Cn3ccc4cc([N+](=O)[O-])ccc43)CC2)c1. The Labute approximate surface area is 179 Å². The minimum atomic E-state index is -0.434. The van der Waals surface area contributed by atoms with Crippen LogP contribution in [0.15, 0.2) is 54.7 Å². The highest BCUT2D eigenvalue weighted by molar-refractivity contribution is 5.90. The predicted octanol–water partition coefficient (Wildman–Crippen LogP) is 3.23. The molecule has 1 aliphatic heterocycles. The van der Waals surface area contributed by atoms with Crippen molar-refractivity contribution in [3.05, 3.63) is 70.4 Å². The molecule has 9 heteroatoms. The largest absolute Gasteiger partial charge is 0.338 e. The van der Waals surface area contributed by atoms with Crippen molar-refractivity contribution in [1.29, 1.82) is 0 Å². The molecule has 0 saturated carbocycles. The number of rotatable bonds is 4. The maximum Gasteiger partial charge on any atom is 0.321 e. The first kappa shape index (κ1) is 20.4. The second kappa shape index (κ2) is 8.47. The maximum absolute atomic E-state index is 12.8. The van der Waals surface area contributed by atoms with E-state index in [4.69, 9.17) is 0 Å². The number of anilines is 1. The molecule has 2 aromatic carbocycles. The number of aromatic nitrogens is 1. The average Bonchev–Trinajstić information content (AvgIpc) is 3.15. The molecule has 4 rings (SSSR count). The minimum Gasteiger partial charge on any atom is -0.338 e. The van der Waals surface area contributed by atoms with E-state index in [1.807, 2.05) is 31.2 Å². The molecule has 2 heterocycles. The molecule has 3 amide bonds. The first-order valence-corrected chi connectivity index (χ1v) is 10.0. The molecule has 1 fully saturated rings. The molecule has 0 spiro atoms. The monoisotopic (exact) mass is 421 g/mol. The molecule has 1 N–H and O–H groups in total. The number of fused-ring (bicyclic) bond motifs is 1. The fourth-order valence-electron chi connectivity index (χ4n) is 3.77. The van der Waals surface area contributed by atoms with Gasteiger partial charge in [0, 0.05) is 61.1 Å². The van der Waals surface area contributed by atoms with Gasteiger partial charge in [0.2, 0.25) is 5.91 Å². The zero-order valence-electron chi connectivity index (χ0n) is 17.2. The topological polar surface area (TPSA) is 101 Å². The summed E-state index contributed by atoms with van der Waals surface area (Å²) in [6, 6.07) is 13.8. The molecule has 0 bridgehead atoms. The minimum absolute atomic E-state index is 0.0247. The third kappa shape index (κ3) is 4.50. The number of hydrogen-bond acceptors (Lipinski definition) is 4. The summed E-state index contributed by atoms with van der Waals surface area (Å²) in [5, 5.41) is 14.6. The van der Waals surface area contributed by atoms with E-state index >= 15 is 0 Å². The number of non-ortho nitro benzene ring substituents is 1. The Balaban J connectivity index is 1.34. The van der Waals surface area contributed by atoms with Gasteiger partial charge in [0.05, 0.1) is 4.92 Å². The van der Waals surface area contributed by atoms with Crippen molar-refractivity contribution in [2.45, 2.75) is 13.5 Å². The molecule has 3 aromatic rings. The number of nitrogens with one attached hydrogen (secondary N) is 1. The van der Waals surface area contributed by atoms with Crippen molar-refractivity contribution in [1.82, 2.24) is 14.4 Å². The summed E-state index contributed by atoms with van der Waals surface area (Å²) < 4.78 is 1.79. The van der Waals surface area contributed by atoms with Gasteiger partial charge in [0.1, 0.15) is 6.54 Å². The second-order valence-corrected chi connectivity index (χ2v) is 7.61. The van der Waals surface area contributed by atoms with Gasteiger partial charge in [-0.1, -0.05) is 12.1 Å². The number of benzene rings is 2. The van der Waals surface area contributed by atoms with Gasteiger partial charge in [-0.05, 0) is 36.8 Å². The van der Waals surface area contributed by atoms with Crippen LogP contribution < -0.4 is 5.32 Å². The lowest BCUT2D eigenvalue weighted by Gasteiger charge is -2.34. The highest BCUT2D eigenvalue weighted by Crippen LogP contribution is 2.22. The smallest absolute Gasteiger partial charge is 0.321 e. The van der Waals surface area contributed by atoms with E-state index in [2.05, 4.69) is 5.32 Å². The van der Waals surface area contributed by atoms with Crippen molar-refractivity contribution < 1.29 is 14.5 Å². The summed E-state index contributed by atoms with van der Waals surface area (Å²) in [4.78, 5) is 39.2. The van der Waals surface area contributed by atoms with Crippen LogP contribution in [0.5, 0.6) is 0 Å². The number of urea groups is 1. The van der Waals surface area contributed by atoms with E-state index in [0.717, 1.165) is 22.2 Å². The Morgan fingerprint density at radius 2 is 1.77 bits per heavy atom. The number of nitrogens with zero attached hydrogens (tertiary/aromatic N) is 4. The molecule has 0 unspecified atom stereocenters. The van der Waals surface area contributed by atoms with Gasteiger partial charge in [0.25, 0.3) is 5.69 Å². The summed E-state index contributed by atoms with van der Waals surface area (Å²) in [5.74, 6) is -0.0467. The van der Waals surface area contributed by atoms with Gasteiger partial charge >= 0.3 is 6.03 Å². The molecule has 1 aromatic heterocycles. The number of hydrogen-bond donors (Lipinski definition) is 1. The number of aryl methyl sites for hydroxylation is 1. The highest BCUT2D eigenvalue weighted by Gasteiger charge is 2.24. The van der Waals surface area contributed by atoms with E-state index in [1.165, 1.54) is 12.1 Å². The van der Waals surface area contributed by atoms with E-state index < -0.39 is 4.92 Å². The fourth-order valence-corrected chi connectivity index (χ4v) is 3.77. The molecule has 1 saturated heterocycles. The van der Waals surface area contributed by atoms with Gasteiger partial charge in [-0.25, -0.2) is 4.79 Å².